The lowest BCUT2D eigenvalue weighted by Gasteiger charge is -2.13. The Kier molecular flexibility index (Phi) is 8.44. The second kappa shape index (κ2) is 11.5. The maximum Gasteiger partial charge on any atom is 0.325 e. The molecule has 3 rings (SSSR count). The van der Waals surface area contributed by atoms with Gasteiger partial charge in [0.25, 0.3) is 5.91 Å². The van der Waals surface area contributed by atoms with Crippen LogP contribution in [-0.2, 0) is 16.1 Å². The lowest BCUT2D eigenvalue weighted by Crippen LogP contribution is -2.30. The molecule has 172 valence electrons. The largest absolute Gasteiger partial charge is 0.490 e. The standard InChI is InChI=1S/C23H26ClNO7/c1-3-28-18-7-6-16(12-19(18)29-4-2)23(27)25-13-21(26)32-14-15-10-17(24)22-20(11-15)30-8-5-9-31-22/h6-7,10-12H,3-5,8-9,13-14H2,1-2H3,(H,25,27). The Labute approximate surface area is 191 Å². The van der Waals surface area contributed by atoms with Gasteiger partial charge in [-0.3, -0.25) is 9.59 Å². The van der Waals surface area contributed by atoms with E-state index in [9.17, 15) is 9.59 Å². The number of hydrogen-bond donors (Lipinski definition) is 1. The van der Waals surface area contributed by atoms with Crippen molar-refractivity contribution in [2.45, 2.75) is 26.9 Å². The van der Waals surface area contributed by atoms with Crippen molar-refractivity contribution < 1.29 is 33.3 Å². The zero-order valence-electron chi connectivity index (χ0n) is 18.1. The van der Waals surface area contributed by atoms with Gasteiger partial charge in [-0.05, 0) is 49.7 Å². The highest BCUT2D eigenvalue weighted by molar-refractivity contribution is 6.32. The van der Waals surface area contributed by atoms with Gasteiger partial charge in [-0.15, -0.1) is 0 Å². The SMILES string of the molecule is CCOc1ccc(C(=O)NCC(=O)OCc2cc(Cl)c3c(c2)OCCCO3)cc1OCC. The second-order valence-corrected chi connectivity index (χ2v) is 7.23. The van der Waals surface area contributed by atoms with E-state index in [1.165, 1.54) is 0 Å². The summed E-state index contributed by atoms with van der Waals surface area (Å²) < 4.78 is 27.5. The zero-order chi connectivity index (χ0) is 22.9. The fraction of sp³-hybridized carbons (Fsp3) is 0.391. The third-order valence-corrected chi connectivity index (χ3v) is 4.74. The van der Waals surface area contributed by atoms with E-state index in [1.54, 1.807) is 30.3 Å². The number of ether oxygens (including phenoxy) is 5. The zero-order valence-corrected chi connectivity index (χ0v) is 18.8. The molecule has 1 amide bonds. The number of carbonyl (C=O) groups excluding carboxylic acids is 2. The summed E-state index contributed by atoms with van der Waals surface area (Å²) in [7, 11) is 0. The van der Waals surface area contributed by atoms with E-state index in [0.29, 0.717) is 65.6 Å². The molecular formula is C23H26ClNO7. The van der Waals surface area contributed by atoms with Gasteiger partial charge in [0.2, 0.25) is 0 Å². The first-order valence-electron chi connectivity index (χ1n) is 10.4. The Balaban J connectivity index is 1.54. The molecule has 32 heavy (non-hydrogen) atoms. The van der Waals surface area contributed by atoms with E-state index < -0.39 is 11.9 Å². The van der Waals surface area contributed by atoms with Crippen molar-refractivity contribution in [1.29, 1.82) is 0 Å². The monoisotopic (exact) mass is 463 g/mol. The van der Waals surface area contributed by atoms with E-state index in [-0.39, 0.29) is 13.2 Å². The van der Waals surface area contributed by atoms with Crippen molar-refractivity contribution in [3.8, 4) is 23.0 Å². The molecule has 0 aromatic heterocycles. The van der Waals surface area contributed by atoms with Gasteiger partial charge in [-0.1, -0.05) is 11.6 Å². The molecule has 0 spiro atoms. The minimum absolute atomic E-state index is 0.0113. The Bertz CT molecular complexity index is 964. The number of rotatable bonds is 9. The van der Waals surface area contributed by atoms with Gasteiger partial charge in [-0.2, -0.15) is 0 Å². The third kappa shape index (κ3) is 6.20. The lowest BCUT2D eigenvalue weighted by molar-refractivity contribution is -0.143. The number of fused-ring (bicyclic) bond motifs is 1. The van der Waals surface area contributed by atoms with Crippen molar-refractivity contribution >= 4 is 23.5 Å². The normalized spacial score (nSPS) is 12.5. The molecule has 0 saturated carbocycles. The molecule has 8 nitrogen and oxygen atoms in total. The molecule has 0 radical (unpaired) electrons. The van der Waals surface area contributed by atoms with E-state index in [2.05, 4.69) is 5.32 Å². The van der Waals surface area contributed by atoms with Gasteiger partial charge in [0, 0.05) is 12.0 Å². The van der Waals surface area contributed by atoms with Crippen molar-refractivity contribution in [3.05, 3.63) is 46.5 Å². The maximum absolute atomic E-state index is 12.4. The summed E-state index contributed by atoms with van der Waals surface area (Å²) in [5.74, 6) is 1.03. The highest BCUT2D eigenvalue weighted by Gasteiger charge is 2.17. The molecule has 0 unspecified atom stereocenters. The van der Waals surface area contributed by atoms with E-state index >= 15 is 0 Å². The molecule has 1 N–H and O–H groups in total. The molecule has 1 heterocycles. The third-order valence-electron chi connectivity index (χ3n) is 4.46. The molecule has 1 aliphatic heterocycles. The summed E-state index contributed by atoms with van der Waals surface area (Å²) in [5, 5.41) is 2.94. The summed E-state index contributed by atoms with van der Waals surface area (Å²) in [6.45, 7) is 5.37. The van der Waals surface area contributed by atoms with Gasteiger partial charge in [0.05, 0.1) is 31.5 Å². The van der Waals surface area contributed by atoms with Gasteiger partial charge in [-0.25, -0.2) is 0 Å². The van der Waals surface area contributed by atoms with Crippen LogP contribution in [0.5, 0.6) is 23.0 Å². The molecule has 2 aromatic rings. The van der Waals surface area contributed by atoms with Crippen LogP contribution in [0.3, 0.4) is 0 Å². The quantitative estimate of drug-likeness (QED) is 0.566. The fourth-order valence-electron chi connectivity index (χ4n) is 3.03. The minimum atomic E-state index is -0.586. The van der Waals surface area contributed by atoms with Crippen LogP contribution < -0.4 is 24.3 Å². The van der Waals surface area contributed by atoms with Crippen LogP contribution in [0.1, 0.15) is 36.2 Å². The van der Waals surface area contributed by atoms with Crippen molar-refractivity contribution in [3.63, 3.8) is 0 Å². The summed E-state index contributed by atoms with van der Waals surface area (Å²) in [6.07, 6.45) is 0.759. The molecule has 0 saturated heterocycles. The summed E-state index contributed by atoms with van der Waals surface area (Å²) in [5.41, 5.74) is 1.01. The van der Waals surface area contributed by atoms with Gasteiger partial charge in [0.1, 0.15) is 13.2 Å². The number of nitrogens with one attached hydrogen (secondary N) is 1. The Hall–Kier alpha value is -3.13. The van der Waals surface area contributed by atoms with Crippen LogP contribution in [-0.4, -0.2) is 44.8 Å². The molecule has 0 atom stereocenters. The van der Waals surface area contributed by atoms with E-state index in [0.717, 1.165) is 6.42 Å². The van der Waals surface area contributed by atoms with Crippen LogP contribution in [0.25, 0.3) is 0 Å². The predicted molar refractivity (Wildman–Crippen MR) is 118 cm³/mol. The first kappa shape index (κ1) is 23.5. The molecule has 0 aliphatic carbocycles. The molecule has 1 aliphatic rings. The summed E-state index contributed by atoms with van der Waals surface area (Å²) in [4.78, 5) is 24.5. The first-order valence-corrected chi connectivity index (χ1v) is 10.8. The highest BCUT2D eigenvalue weighted by atomic mass is 35.5. The summed E-state index contributed by atoms with van der Waals surface area (Å²) in [6, 6.07) is 8.24. The molecule has 2 aromatic carbocycles. The molecule has 9 heteroatoms. The van der Waals surface area contributed by atoms with Gasteiger partial charge in [0.15, 0.2) is 23.0 Å². The Morgan fingerprint density at radius 3 is 2.56 bits per heavy atom. The number of benzene rings is 2. The minimum Gasteiger partial charge on any atom is -0.490 e. The number of halogens is 1. The number of carbonyl (C=O) groups is 2. The Morgan fingerprint density at radius 2 is 1.78 bits per heavy atom. The fourth-order valence-corrected chi connectivity index (χ4v) is 3.32. The van der Waals surface area contributed by atoms with Crippen molar-refractivity contribution in [1.82, 2.24) is 5.32 Å². The van der Waals surface area contributed by atoms with E-state index in [4.69, 9.17) is 35.3 Å². The average Bonchev–Trinajstić information content (AvgIpc) is 3.03. The van der Waals surface area contributed by atoms with Gasteiger partial charge < -0.3 is 29.0 Å². The topological polar surface area (TPSA) is 92.3 Å². The Morgan fingerprint density at radius 1 is 1.03 bits per heavy atom. The molecule has 0 bridgehead atoms. The number of hydrogen-bond acceptors (Lipinski definition) is 7. The van der Waals surface area contributed by atoms with Crippen molar-refractivity contribution in [2.75, 3.05) is 33.0 Å². The highest BCUT2D eigenvalue weighted by Crippen LogP contribution is 2.38. The van der Waals surface area contributed by atoms with Gasteiger partial charge >= 0.3 is 5.97 Å². The average molecular weight is 464 g/mol. The summed E-state index contributed by atoms with van der Waals surface area (Å²) >= 11 is 6.25. The van der Waals surface area contributed by atoms with Crippen LogP contribution in [0.4, 0.5) is 0 Å². The molecular weight excluding hydrogens is 438 g/mol. The molecule has 0 fully saturated rings. The number of amides is 1. The van der Waals surface area contributed by atoms with Crippen LogP contribution >= 0.6 is 11.6 Å². The predicted octanol–water partition coefficient (Wildman–Crippen LogP) is 3.77. The van der Waals surface area contributed by atoms with Crippen LogP contribution in [0, 0.1) is 0 Å². The van der Waals surface area contributed by atoms with Crippen molar-refractivity contribution in [2.24, 2.45) is 0 Å². The lowest BCUT2D eigenvalue weighted by atomic mass is 10.2. The van der Waals surface area contributed by atoms with Crippen LogP contribution in [0.15, 0.2) is 30.3 Å². The maximum atomic E-state index is 12.4. The first-order chi connectivity index (χ1) is 15.5. The smallest absolute Gasteiger partial charge is 0.325 e. The second-order valence-electron chi connectivity index (χ2n) is 6.83. The number of esters is 1. The van der Waals surface area contributed by atoms with E-state index in [1.807, 2.05) is 13.8 Å². The van der Waals surface area contributed by atoms with Crippen LogP contribution in [0.2, 0.25) is 5.02 Å².